The maximum absolute atomic E-state index is 12.2. The van der Waals surface area contributed by atoms with E-state index in [1.54, 1.807) is 6.20 Å². The maximum Gasteiger partial charge on any atom is 0.490 e. The molecule has 1 aromatic carbocycles. The molecule has 0 unspecified atom stereocenters. The highest BCUT2D eigenvalue weighted by molar-refractivity contribution is 6.34. The van der Waals surface area contributed by atoms with E-state index in [0.717, 1.165) is 62.2 Å². The number of amides is 1. The number of benzene rings is 1. The van der Waals surface area contributed by atoms with Gasteiger partial charge in [-0.15, -0.1) is 0 Å². The van der Waals surface area contributed by atoms with Crippen LogP contribution in [0.1, 0.15) is 32.1 Å². The molecule has 0 spiro atoms. The smallest absolute Gasteiger partial charge is 0.484 e. The van der Waals surface area contributed by atoms with Gasteiger partial charge in [-0.05, 0) is 103 Å². The molecule has 4 heterocycles. The third-order valence-electron chi connectivity index (χ3n) is 8.24. The quantitative estimate of drug-likeness (QED) is 0.180. The number of imidazole rings is 1. The van der Waals surface area contributed by atoms with E-state index in [1.807, 2.05) is 24.3 Å². The Bertz CT molecular complexity index is 1600. The summed E-state index contributed by atoms with van der Waals surface area (Å²) in [6, 6.07) is 7.93. The number of carbonyl (C=O) groups excluding carboxylic acids is 1. The van der Waals surface area contributed by atoms with Gasteiger partial charge in [0.25, 0.3) is 5.91 Å². The molecule has 0 radical (unpaired) electrons. The number of aromatic nitrogens is 3. The first-order chi connectivity index (χ1) is 24.3. The van der Waals surface area contributed by atoms with E-state index < -0.39 is 24.3 Å². The lowest BCUT2D eigenvalue weighted by molar-refractivity contribution is -0.193. The fourth-order valence-electron chi connectivity index (χ4n) is 5.24. The number of halogens is 7. The summed E-state index contributed by atoms with van der Waals surface area (Å²) in [6.45, 7) is 5.12. The van der Waals surface area contributed by atoms with Crippen molar-refractivity contribution in [3.05, 3.63) is 35.5 Å². The Kier molecular flexibility index (Phi) is 15.3. The Morgan fingerprint density at radius 2 is 1.44 bits per heavy atom. The van der Waals surface area contributed by atoms with Crippen molar-refractivity contribution in [3.8, 4) is 17.1 Å². The van der Waals surface area contributed by atoms with Crippen molar-refractivity contribution in [2.75, 3.05) is 58.7 Å². The summed E-state index contributed by atoms with van der Waals surface area (Å²) < 4.78 is 69.2. The molecule has 13 nitrogen and oxygen atoms in total. The summed E-state index contributed by atoms with van der Waals surface area (Å²) >= 11 is 6.53. The average Bonchev–Trinajstić information content (AvgIpc) is 3.52. The molecule has 5 rings (SSSR count). The Balaban J connectivity index is 0.000000441. The molecule has 2 fully saturated rings. The Morgan fingerprint density at radius 1 is 0.923 bits per heavy atom. The summed E-state index contributed by atoms with van der Waals surface area (Å²) in [6.07, 6.45) is -2.94. The number of anilines is 1. The number of nitrogens with one attached hydrogen (secondary N) is 3. The van der Waals surface area contributed by atoms with E-state index >= 15 is 0 Å². The number of carboxylic acid groups (broad SMARTS) is 2. The molecule has 0 saturated carbocycles. The lowest BCUT2D eigenvalue weighted by Gasteiger charge is -2.30. The number of aliphatic carboxylic acids is 2. The van der Waals surface area contributed by atoms with Gasteiger partial charge in [-0.3, -0.25) is 4.79 Å². The molecule has 20 heteroatoms. The van der Waals surface area contributed by atoms with Crippen LogP contribution < -0.4 is 15.4 Å². The third kappa shape index (κ3) is 13.6. The first-order valence-electron chi connectivity index (χ1n) is 16.1. The van der Waals surface area contributed by atoms with Gasteiger partial charge in [0.05, 0.1) is 16.9 Å². The van der Waals surface area contributed by atoms with E-state index in [-0.39, 0.29) is 12.5 Å². The first kappa shape index (κ1) is 42.1. The van der Waals surface area contributed by atoms with Crippen molar-refractivity contribution in [1.29, 1.82) is 0 Å². The van der Waals surface area contributed by atoms with Gasteiger partial charge in [0.15, 0.2) is 12.3 Å². The SMILES string of the molecule is CN1CCC(CCNC(=O)COc2ccc(-c3nc4ncc(Cl)c(NC5CCN(C)CC5)c4[nH]3)cc2)CC1.O=C(O)C(F)(F)F.O=C(O)C(F)(F)F. The molecule has 3 aromatic rings. The number of H-pyrrole nitrogens is 1. The summed E-state index contributed by atoms with van der Waals surface area (Å²) in [4.78, 5) is 47.2. The van der Waals surface area contributed by atoms with Crippen LogP contribution in [0.15, 0.2) is 30.5 Å². The number of alkyl halides is 6. The minimum Gasteiger partial charge on any atom is -0.484 e. The zero-order valence-corrected chi connectivity index (χ0v) is 29.0. The number of ether oxygens (including phenoxy) is 1. The number of fused-ring (bicyclic) bond motifs is 1. The molecule has 2 aliphatic heterocycles. The Hall–Kier alpha value is -4.36. The third-order valence-corrected chi connectivity index (χ3v) is 8.52. The molecule has 1 amide bonds. The van der Waals surface area contributed by atoms with Crippen LogP contribution in [0.2, 0.25) is 5.02 Å². The number of aromatic amines is 1. The summed E-state index contributed by atoms with van der Waals surface area (Å²) in [7, 11) is 4.31. The van der Waals surface area contributed by atoms with E-state index in [4.69, 9.17) is 36.1 Å². The number of hydrogen-bond donors (Lipinski definition) is 5. The maximum atomic E-state index is 12.2. The largest absolute Gasteiger partial charge is 0.490 e. The number of hydrogen-bond acceptors (Lipinski definition) is 9. The average molecular weight is 768 g/mol. The number of carbonyl (C=O) groups is 3. The lowest BCUT2D eigenvalue weighted by atomic mass is 9.94. The van der Waals surface area contributed by atoms with Gasteiger partial charge >= 0.3 is 24.3 Å². The van der Waals surface area contributed by atoms with Crippen LogP contribution in [0, 0.1) is 5.92 Å². The number of likely N-dealkylation sites (tertiary alicyclic amines) is 2. The second-order valence-corrected chi connectivity index (χ2v) is 12.7. The number of rotatable bonds is 9. The van der Waals surface area contributed by atoms with Gasteiger partial charge < -0.3 is 40.4 Å². The topological polar surface area (TPSA) is 173 Å². The van der Waals surface area contributed by atoms with Crippen molar-refractivity contribution in [3.63, 3.8) is 0 Å². The van der Waals surface area contributed by atoms with Gasteiger partial charge in [0.1, 0.15) is 17.1 Å². The number of pyridine rings is 1. The van der Waals surface area contributed by atoms with Gasteiger partial charge in [-0.25, -0.2) is 19.6 Å². The Morgan fingerprint density at radius 3 is 1.96 bits per heavy atom. The van der Waals surface area contributed by atoms with Gasteiger partial charge in [0.2, 0.25) is 0 Å². The highest BCUT2D eigenvalue weighted by Crippen LogP contribution is 2.32. The highest BCUT2D eigenvalue weighted by Gasteiger charge is 2.39. The van der Waals surface area contributed by atoms with Crippen molar-refractivity contribution >= 4 is 46.3 Å². The van der Waals surface area contributed by atoms with E-state index in [9.17, 15) is 31.1 Å². The lowest BCUT2D eigenvalue weighted by Crippen LogP contribution is -2.36. The predicted molar refractivity (Wildman–Crippen MR) is 179 cm³/mol. The number of nitrogens with zero attached hydrogens (tertiary/aromatic N) is 4. The molecule has 2 aliphatic rings. The van der Waals surface area contributed by atoms with Gasteiger partial charge in [0, 0.05) is 18.2 Å². The molecule has 288 valence electrons. The van der Waals surface area contributed by atoms with Crippen molar-refractivity contribution < 1.29 is 55.7 Å². The second kappa shape index (κ2) is 18.9. The first-order valence-corrected chi connectivity index (χ1v) is 16.5. The normalized spacial score (nSPS) is 16.2. The Labute approximate surface area is 299 Å². The second-order valence-electron chi connectivity index (χ2n) is 12.3. The van der Waals surface area contributed by atoms with Crippen LogP contribution in [0.25, 0.3) is 22.6 Å². The molecule has 0 bridgehead atoms. The summed E-state index contributed by atoms with van der Waals surface area (Å²) in [5.41, 5.74) is 3.19. The molecule has 2 saturated heterocycles. The molecular weight excluding hydrogens is 728 g/mol. The fraction of sp³-hybridized carbons (Fsp3) is 0.531. The summed E-state index contributed by atoms with van der Waals surface area (Å²) in [5, 5.41) is 21.4. The van der Waals surface area contributed by atoms with E-state index in [2.05, 4.69) is 49.5 Å². The van der Waals surface area contributed by atoms with Crippen molar-refractivity contribution in [2.24, 2.45) is 5.92 Å². The standard InChI is InChI=1S/C28H38ClN7O2.2C2HF3O2/c1-35-13-8-19(9-14-35)7-12-30-24(37)18-38-22-5-3-20(4-6-22)27-33-26-25(23(29)17-31-28(26)34-27)32-21-10-15-36(2)16-11-21;2*3-2(4,5)1(6)7/h3-6,17,19,21H,7-16,18H2,1-2H3,(H,30,37)(H2,31,32,33,34);2*(H,6,7). The fourth-order valence-corrected chi connectivity index (χ4v) is 5.44. The van der Waals surface area contributed by atoms with Crippen LogP contribution >= 0.6 is 11.6 Å². The number of carboxylic acids is 2. The molecule has 0 aliphatic carbocycles. The van der Waals surface area contributed by atoms with Crippen molar-refractivity contribution in [1.82, 2.24) is 30.1 Å². The van der Waals surface area contributed by atoms with E-state index in [0.29, 0.717) is 40.7 Å². The van der Waals surface area contributed by atoms with Crippen LogP contribution in [-0.2, 0) is 14.4 Å². The van der Waals surface area contributed by atoms with Crippen LogP contribution in [-0.4, -0.2) is 125 Å². The molecule has 52 heavy (non-hydrogen) atoms. The number of piperidine rings is 2. The summed E-state index contributed by atoms with van der Waals surface area (Å²) in [5.74, 6) is -3.56. The van der Waals surface area contributed by atoms with Crippen LogP contribution in [0.3, 0.4) is 0 Å². The highest BCUT2D eigenvalue weighted by atomic mass is 35.5. The zero-order valence-electron chi connectivity index (χ0n) is 28.3. The van der Waals surface area contributed by atoms with E-state index in [1.165, 1.54) is 12.8 Å². The predicted octanol–water partition coefficient (Wildman–Crippen LogP) is 5.28. The molecular formula is C32H40ClF6N7O6. The van der Waals surface area contributed by atoms with Crippen LogP contribution in [0.5, 0.6) is 5.75 Å². The molecule has 2 aromatic heterocycles. The molecule has 5 N–H and O–H groups in total. The zero-order chi connectivity index (χ0) is 38.6. The molecule has 0 atom stereocenters. The minimum atomic E-state index is -5.08. The monoisotopic (exact) mass is 767 g/mol. The van der Waals surface area contributed by atoms with Gasteiger partial charge in [-0.2, -0.15) is 26.3 Å². The van der Waals surface area contributed by atoms with Crippen LogP contribution in [0.4, 0.5) is 32.0 Å². The van der Waals surface area contributed by atoms with Gasteiger partial charge in [-0.1, -0.05) is 11.6 Å². The van der Waals surface area contributed by atoms with Crippen molar-refractivity contribution in [2.45, 2.75) is 50.5 Å². The minimum absolute atomic E-state index is 0.00575.